The molecule has 0 aliphatic heterocycles. The lowest BCUT2D eigenvalue weighted by Crippen LogP contribution is -2.44. The van der Waals surface area contributed by atoms with Crippen molar-refractivity contribution in [3.63, 3.8) is 0 Å². The Labute approximate surface area is 110 Å². The van der Waals surface area contributed by atoms with Crippen LogP contribution in [0.5, 0.6) is 0 Å². The highest BCUT2D eigenvalue weighted by molar-refractivity contribution is 5.06. The Bertz CT molecular complexity index is 339. The highest BCUT2D eigenvalue weighted by Crippen LogP contribution is 2.33. The maximum absolute atomic E-state index is 5.76. The number of nitrogens with zero attached hydrogens (tertiary/aromatic N) is 1. The molecule has 2 rings (SSSR count). The van der Waals surface area contributed by atoms with E-state index in [9.17, 15) is 0 Å². The fourth-order valence-corrected chi connectivity index (χ4v) is 3.17. The number of hydrogen-bond donors (Lipinski definition) is 2. The van der Waals surface area contributed by atoms with E-state index in [1.807, 2.05) is 18.3 Å². The van der Waals surface area contributed by atoms with Gasteiger partial charge < -0.3 is 0 Å². The van der Waals surface area contributed by atoms with E-state index < -0.39 is 0 Å². The fraction of sp³-hybridized carbons (Fsp3) is 0.667. The van der Waals surface area contributed by atoms with Crippen molar-refractivity contribution in [2.45, 2.75) is 51.5 Å². The first-order chi connectivity index (χ1) is 8.83. The van der Waals surface area contributed by atoms with Crippen LogP contribution in [0.2, 0.25) is 0 Å². The Kier molecular flexibility index (Phi) is 5.14. The van der Waals surface area contributed by atoms with Gasteiger partial charge in [-0.3, -0.25) is 16.3 Å². The third-order valence-electron chi connectivity index (χ3n) is 4.34. The first-order valence-electron chi connectivity index (χ1n) is 7.19. The van der Waals surface area contributed by atoms with Crippen molar-refractivity contribution in [2.75, 3.05) is 0 Å². The molecular weight excluding hydrogens is 222 g/mol. The lowest BCUT2D eigenvalue weighted by Gasteiger charge is -2.33. The van der Waals surface area contributed by atoms with Crippen LogP contribution >= 0.6 is 0 Å². The number of rotatable bonds is 5. The Balaban J connectivity index is 1.95. The van der Waals surface area contributed by atoms with Gasteiger partial charge in [-0.2, -0.15) is 0 Å². The molecule has 100 valence electrons. The standard InChI is InChI=1S/C15H25N3/c1-2-12-6-5-7-13(10-12)15(18-16)11-14-8-3-4-9-17-14/h3-4,8-9,12-13,15,18H,2,5-7,10-11,16H2,1H3. The summed E-state index contributed by atoms with van der Waals surface area (Å²) in [6, 6.07) is 6.47. The molecule has 3 unspecified atom stereocenters. The zero-order valence-corrected chi connectivity index (χ0v) is 11.3. The van der Waals surface area contributed by atoms with Crippen LogP contribution in [-0.2, 0) is 6.42 Å². The van der Waals surface area contributed by atoms with E-state index in [1.54, 1.807) is 0 Å². The molecule has 3 nitrogen and oxygen atoms in total. The fourth-order valence-electron chi connectivity index (χ4n) is 3.17. The molecule has 1 heterocycles. The first kappa shape index (κ1) is 13.5. The molecule has 1 fully saturated rings. The van der Waals surface area contributed by atoms with Gasteiger partial charge in [0, 0.05) is 24.4 Å². The summed E-state index contributed by atoms with van der Waals surface area (Å²) < 4.78 is 0. The Morgan fingerprint density at radius 2 is 2.33 bits per heavy atom. The first-order valence-corrected chi connectivity index (χ1v) is 7.19. The normalized spacial score (nSPS) is 25.9. The zero-order valence-electron chi connectivity index (χ0n) is 11.3. The summed E-state index contributed by atoms with van der Waals surface area (Å²) in [5, 5.41) is 0. The van der Waals surface area contributed by atoms with E-state index in [0.29, 0.717) is 12.0 Å². The summed E-state index contributed by atoms with van der Waals surface area (Å²) in [5.41, 5.74) is 4.16. The molecule has 0 saturated heterocycles. The maximum atomic E-state index is 5.76. The molecule has 1 aliphatic rings. The monoisotopic (exact) mass is 247 g/mol. The Morgan fingerprint density at radius 1 is 1.44 bits per heavy atom. The van der Waals surface area contributed by atoms with Crippen LogP contribution in [0.15, 0.2) is 24.4 Å². The largest absolute Gasteiger partial charge is 0.271 e. The highest BCUT2D eigenvalue weighted by Gasteiger charge is 2.27. The summed E-state index contributed by atoms with van der Waals surface area (Å²) in [7, 11) is 0. The van der Waals surface area contributed by atoms with Gasteiger partial charge in [0.2, 0.25) is 0 Å². The van der Waals surface area contributed by atoms with Gasteiger partial charge in [-0.15, -0.1) is 0 Å². The van der Waals surface area contributed by atoms with Gasteiger partial charge in [-0.1, -0.05) is 32.3 Å². The minimum Gasteiger partial charge on any atom is -0.271 e. The van der Waals surface area contributed by atoms with Crippen molar-refractivity contribution in [2.24, 2.45) is 17.7 Å². The van der Waals surface area contributed by atoms with Crippen molar-refractivity contribution in [3.8, 4) is 0 Å². The van der Waals surface area contributed by atoms with Gasteiger partial charge in [0.25, 0.3) is 0 Å². The molecule has 3 heteroatoms. The SMILES string of the molecule is CCC1CCCC(C(Cc2ccccn2)NN)C1. The van der Waals surface area contributed by atoms with Crippen molar-refractivity contribution in [1.29, 1.82) is 0 Å². The predicted octanol–water partition coefficient (Wildman–Crippen LogP) is 2.67. The van der Waals surface area contributed by atoms with E-state index in [2.05, 4.69) is 23.4 Å². The smallest absolute Gasteiger partial charge is 0.0419 e. The van der Waals surface area contributed by atoms with E-state index >= 15 is 0 Å². The van der Waals surface area contributed by atoms with Crippen molar-refractivity contribution < 1.29 is 0 Å². The topological polar surface area (TPSA) is 50.9 Å². The Morgan fingerprint density at radius 3 is 3.00 bits per heavy atom. The second-order valence-electron chi connectivity index (χ2n) is 5.50. The number of nitrogens with one attached hydrogen (secondary N) is 1. The summed E-state index contributed by atoms with van der Waals surface area (Å²) in [6.45, 7) is 2.30. The van der Waals surface area contributed by atoms with Crippen LogP contribution in [0.3, 0.4) is 0 Å². The summed E-state index contributed by atoms with van der Waals surface area (Å²) in [4.78, 5) is 4.40. The molecular formula is C15H25N3. The molecule has 18 heavy (non-hydrogen) atoms. The van der Waals surface area contributed by atoms with E-state index in [4.69, 9.17) is 5.84 Å². The van der Waals surface area contributed by atoms with Crippen molar-refractivity contribution in [3.05, 3.63) is 30.1 Å². The van der Waals surface area contributed by atoms with Gasteiger partial charge in [0.1, 0.15) is 0 Å². The molecule has 3 atom stereocenters. The summed E-state index contributed by atoms with van der Waals surface area (Å²) in [6.07, 6.45) is 9.47. The molecule has 0 bridgehead atoms. The van der Waals surface area contributed by atoms with Crippen molar-refractivity contribution in [1.82, 2.24) is 10.4 Å². The minimum absolute atomic E-state index is 0.370. The molecule has 1 aliphatic carbocycles. The highest BCUT2D eigenvalue weighted by atomic mass is 15.2. The quantitative estimate of drug-likeness (QED) is 0.621. The molecule has 1 aromatic heterocycles. The summed E-state index contributed by atoms with van der Waals surface area (Å²) in [5.74, 6) is 7.36. The molecule has 0 spiro atoms. The second kappa shape index (κ2) is 6.86. The lowest BCUT2D eigenvalue weighted by molar-refractivity contribution is 0.207. The second-order valence-corrected chi connectivity index (χ2v) is 5.50. The van der Waals surface area contributed by atoms with Crippen LogP contribution in [0.25, 0.3) is 0 Å². The van der Waals surface area contributed by atoms with Gasteiger partial charge in [0.15, 0.2) is 0 Å². The number of nitrogens with two attached hydrogens (primary N) is 1. The van der Waals surface area contributed by atoms with E-state index in [-0.39, 0.29) is 0 Å². The lowest BCUT2D eigenvalue weighted by atomic mass is 9.76. The molecule has 3 N–H and O–H groups in total. The molecule has 0 aromatic carbocycles. The average Bonchev–Trinajstić information content (AvgIpc) is 2.46. The van der Waals surface area contributed by atoms with E-state index in [0.717, 1.165) is 18.0 Å². The van der Waals surface area contributed by atoms with Crippen LogP contribution in [-0.4, -0.2) is 11.0 Å². The van der Waals surface area contributed by atoms with E-state index in [1.165, 1.54) is 32.1 Å². The predicted molar refractivity (Wildman–Crippen MR) is 74.8 cm³/mol. The molecule has 1 saturated carbocycles. The molecule has 0 radical (unpaired) electrons. The number of aromatic nitrogens is 1. The van der Waals surface area contributed by atoms with Crippen LogP contribution < -0.4 is 11.3 Å². The number of hydrazine groups is 1. The number of pyridine rings is 1. The van der Waals surface area contributed by atoms with Gasteiger partial charge in [-0.25, -0.2) is 0 Å². The van der Waals surface area contributed by atoms with Crippen molar-refractivity contribution >= 4 is 0 Å². The van der Waals surface area contributed by atoms with Gasteiger partial charge >= 0.3 is 0 Å². The molecule has 1 aromatic rings. The van der Waals surface area contributed by atoms with Crippen LogP contribution in [0.4, 0.5) is 0 Å². The maximum Gasteiger partial charge on any atom is 0.0419 e. The molecule has 0 amide bonds. The van der Waals surface area contributed by atoms with Crippen LogP contribution in [0.1, 0.15) is 44.7 Å². The van der Waals surface area contributed by atoms with Gasteiger partial charge in [-0.05, 0) is 36.8 Å². The number of hydrogen-bond acceptors (Lipinski definition) is 3. The third kappa shape index (κ3) is 3.53. The third-order valence-corrected chi connectivity index (χ3v) is 4.34. The summed E-state index contributed by atoms with van der Waals surface area (Å²) >= 11 is 0. The van der Waals surface area contributed by atoms with Gasteiger partial charge in [0.05, 0.1) is 0 Å². The average molecular weight is 247 g/mol. The zero-order chi connectivity index (χ0) is 12.8. The minimum atomic E-state index is 0.370. The Hall–Kier alpha value is -0.930. The van der Waals surface area contributed by atoms with Crippen LogP contribution in [0, 0.1) is 11.8 Å².